The summed E-state index contributed by atoms with van der Waals surface area (Å²) >= 11 is 0. The second-order valence-corrected chi connectivity index (χ2v) is 5.46. The molecule has 21 heavy (non-hydrogen) atoms. The van der Waals surface area contributed by atoms with Crippen LogP contribution >= 0.6 is 0 Å². The molecule has 2 aromatic rings. The third-order valence-corrected chi connectivity index (χ3v) is 3.22. The molecule has 0 saturated carbocycles. The van der Waals surface area contributed by atoms with E-state index in [2.05, 4.69) is 55.5 Å². The van der Waals surface area contributed by atoms with Gasteiger partial charge in [-0.25, -0.2) is 0 Å². The summed E-state index contributed by atoms with van der Waals surface area (Å²) < 4.78 is 5.79. The van der Waals surface area contributed by atoms with Crippen LogP contribution in [-0.2, 0) is 6.61 Å². The number of ether oxygens (including phenoxy) is 1. The van der Waals surface area contributed by atoms with Gasteiger partial charge in [0.05, 0.1) is 0 Å². The number of hydrogen-bond donors (Lipinski definition) is 1. The third-order valence-electron chi connectivity index (χ3n) is 3.22. The molecule has 2 N–H and O–H groups in total. The van der Waals surface area contributed by atoms with Gasteiger partial charge in [-0.15, -0.1) is 0 Å². The van der Waals surface area contributed by atoms with Crippen molar-refractivity contribution in [3.8, 4) is 5.75 Å². The van der Waals surface area contributed by atoms with Gasteiger partial charge >= 0.3 is 0 Å². The van der Waals surface area contributed by atoms with Crippen LogP contribution in [0.5, 0.6) is 5.75 Å². The highest BCUT2D eigenvalue weighted by atomic mass is 16.5. The normalized spacial score (nSPS) is 12.5. The highest BCUT2D eigenvalue weighted by Gasteiger charge is 1.96. The number of nitrogens with two attached hydrogens (primary N) is 1. The highest BCUT2D eigenvalue weighted by molar-refractivity contribution is 5.50. The Bertz CT molecular complexity index is 568. The average Bonchev–Trinajstić information content (AvgIpc) is 2.48. The highest BCUT2D eigenvalue weighted by Crippen LogP contribution is 2.15. The fourth-order valence-corrected chi connectivity index (χ4v) is 1.94. The van der Waals surface area contributed by atoms with E-state index in [0.717, 1.165) is 12.2 Å². The Kier molecular flexibility index (Phi) is 5.59. The lowest BCUT2D eigenvalue weighted by Gasteiger charge is -2.07. The summed E-state index contributed by atoms with van der Waals surface area (Å²) in [7, 11) is 0. The van der Waals surface area contributed by atoms with Crippen molar-refractivity contribution in [2.24, 2.45) is 5.73 Å². The van der Waals surface area contributed by atoms with Crippen molar-refractivity contribution < 1.29 is 4.74 Å². The molecule has 2 aromatic carbocycles. The number of rotatable bonds is 6. The maximum atomic E-state index is 5.79. The molecular weight excluding hydrogens is 258 g/mol. The first-order valence-electron chi connectivity index (χ1n) is 7.34. The maximum Gasteiger partial charge on any atom is 0.119 e. The van der Waals surface area contributed by atoms with Gasteiger partial charge in [0.25, 0.3) is 0 Å². The minimum atomic E-state index is 0.207. The van der Waals surface area contributed by atoms with Crippen LogP contribution < -0.4 is 10.5 Å². The summed E-state index contributed by atoms with van der Waals surface area (Å²) in [5, 5.41) is 0. The summed E-state index contributed by atoms with van der Waals surface area (Å²) in [4.78, 5) is 0. The Morgan fingerprint density at radius 2 is 1.71 bits per heavy atom. The fraction of sp³-hybridized carbons (Fsp3) is 0.263. The molecule has 0 spiro atoms. The van der Waals surface area contributed by atoms with Crippen LogP contribution in [0.3, 0.4) is 0 Å². The molecule has 1 unspecified atom stereocenters. The molecule has 0 aliphatic carbocycles. The molecule has 0 radical (unpaired) electrons. The molecule has 0 aliphatic heterocycles. The minimum Gasteiger partial charge on any atom is -0.489 e. The Labute approximate surface area is 127 Å². The van der Waals surface area contributed by atoms with E-state index in [9.17, 15) is 0 Å². The van der Waals surface area contributed by atoms with E-state index in [0.29, 0.717) is 6.61 Å². The topological polar surface area (TPSA) is 35.2 Å². The minimum absolute atomic E-state index is 0.207. The van der Waals surface area contributed by atoms with Crippen LogP contribution in [0.2, 0.25) is 0 Å². The van der Waals surface area contributed by atoms with E-state index >= 15 is 0 Å². The van der Waals surface area contributed by atoms with E-state index in [-0.39, 0.29) is 6.04 Å². The lowest BCUT2D eigenvalue weighted by atomic mass is 10.1. The maximum absolute atomic E-state index is 5.79. The second kappa shape index (κ2) is 7.65. The molecule has 0 aliphatic rings. The van der Waals surface area contributed by atoms with Crippen molar-refractivity contribution in [2.45, 2.75) is 32.9 Å². The van der Waals surface area contributed by atoms with Gasteiger partial charge in [0.15, 0.2) is 0 Å². The van der Waals surface area contributed by atoms with Crippen molar-refractivity contribution in [2.75, 3.05) is 0 Å². The molecule has 110 valence electrons. The van der Waals surface area contributed by atoms with Gasteiger partial charge in [0.2, 0.25) is 0 Å². The van der Waals surface area contributed by atoms with Gasteiger partial charge in [-0.3, -0.25) is 0 Å². The molecule has 0 bridgehead atoms. The van der Waals surface area contributed by atoms with Gasteiger partial charge in [-0.2, -0.15) is 0 Å². The van der Waals surface area contributed by atoms with Crippen LogP contribution in [0.25, 0.3) is 6.08 Å². The lowest BCUT2D eigenvalue weighted by molar-refractivity contribution is 0.306. The second-order valence-electron chi connectivity index (χ2n) is 5.46. The van der Waals surface area contributed by atoms with Gasteiger partial charge < -0.3 is 10.5 Å². The molecular formula is C19H23NO. The molecule has 2 rings (SSSR count). The zero-order chi connectivity index (χ0) is 15.1. The van der Waals surface area contributed by atoms with E-state index in [1.165, 1.54) is 16.7 Å². The van der Waals surface area contributed by atoms with Gasteiger partial charge in [0.1, 0.15) is 12.4 Å². The van der Waals surface area contributed by atoms with Crippen molar-refractivity contribution in [1.29, 1.82) is 0 Å². The summed E-state index contributed by atoms with van der Waals surface area (Å²) in [5.74, 6) is 0.889. The predicted molar refractivity (Wildman–Crippen MR) is 89.3 cm³/mol. The van der Waals surface area contributed by atoms with Gasteiger partial charge in [0, 0.05) is 6.04 Å². The molecule has 2 nitrogen and oxygen atoms in total. The molecule has 0 heterocycles. The molecule has 0 saturated heterocycles. The van der Waals surface area contributed by atoms with E-state index in [1.54, 1.807) is 0 Å². The van der Waals surface area contributed by atoms with Gasteiger partial charge in [-0.05, 0) is 43.5 Å². The SMILES string of the molecule is Cc1ccc(COc2ccc(C=CCC(C)N)cc2)cc1. The fourth-order valence-electron chi connectivity index (χ4n) is 1.94. The quantitative estimate of drug-likeness (QED) is 0.855. The first-order valence-corrected chi connectivity index (χ1v) is 7.34. The zero-order valence-corrected chi connectivity index (χ0v) is 12.8. The Morgan fingerprint density at radius 1 is 1.05 bits per heavy atom. The average molecular weight is 281 g/mol. The van der Waals surface area contributed by atoms with Crippen LogP contribution in [0.4, 0.5) is 0 Å². The third kappa shape index (κ3) is 5.44. The number of aryl methyl sites for hydroxylation is 1. The van der Waals surface area contributed by atoms with Crippen molar-refractivity contribution >= 4 is 6.08 Å². The standard InChI is InChI=1S/C19H23NO/c1-15-6-8-18(9-7-15)14-21-19-12-10-17(11-13-19)5-3-4-16(2)20/h3,5-13,16H,4,14,20H2,1-2H3. The van der Waals surface area contributed by atoms with Crippen LogP contribution in [0.15, 0.2) is 54.6 Å². The number of hydrogen-bond acceptors (Lipinski definition) is 2. The molecule has 0 fully saturated rings. The first kappa shape index (κ1) is 15.3. The predicted octanol–water partition coefficient (Wildman–Crippen LogP) is 4.32. The Balaban J connectivity index is 1.87. The summed E-state index contributed by atoms with van der Waals surface area (Å²) in [5.41, 5.74) is 9.33. The molecule has 1 atom stereocenters. The largest absolute Gasteiger partial charge is 0.489 e. The molecule has 2 heteroatoms. The van der Waals surface area contributed by atoms with E-state index in [4.69, 9.17) is 10.5 Å². The lowest BCUT2D eigenvalue weighted by Crippen LogP contribution is -2.12. The zero-order valence-electron chi connectivity index (χ0n) is 12.8. The first-order chi connectivity index (χ1) is 10.1. The van der Waals surface area contributed by atoms with Crippen molar-refractivity contribution in [3.05, 3.63) is 71.3 Å². The molecule has 0 amide bonds. The van der Waals surface area contributed by atoms with Crippen LogP contribution in [-0.4, -0.2) is 6.04 Å². The van der Waals surface area contributed by atoms with Crippen molar-refractivity contribution in [3.63, 3.8) is 0 Å². The summed E-state index contributed by atoms with van der Waals surface area (Å²) in [6, 6.07) is 16.7. The van der Waals surface area contributed by atoms with Crippen molar-refractivity contribution in [1.82, 2.24) is 0 Å². The van der Waals surface area contributed by atoms with Gasteiger partial charge in [-0.1, -0.05) is 54.1 Å². The van der Waals surface area contributed by atoms with Crippen LogP contribution in [0.1, 0.15) is 30.0 Å². The molecule has 0 aromatic heterocycles. The summed E-state index contributed by atoms with van der Waals surface area (Å²) in [6.45, 7) is 4.69. The summed E-state index contributed by atoms with van der Waals surface area (Å²) in [6.07, 6.45) is 5.09. The smallest absolute Gasteiger partial charge is 0.119 e. The van der Waals surface area contributed by atoms with Crippen LogP contribution in [0, 0.1) is 6.92 Å². The Morgan fingerprint density at radius 3 is 2.33 bits per heavy atom. The van der Waals surface area contributed by atoms with E-state index < -0.39 is 0 Å². The van der Waals surface area contributed by atoms with E-state index in [1.807, 2.05) is 19.1 Å². The Hall–Kier alpha value is -2.06. The monoisotopic (exact) mass is 281 g/mol. The number of benzene rings is 2.